The maximum absolute atomic E-state index is 5.33. The summed E-state index contributed by atoms with van der Waals surface area (Å²) in [5.41, 5.74) is 6.84. The van der Waals surface area contributed by atoms with Crippen molar-refractivity contribution >= 4 is 33.7 Å². The van der Waals surface area contributed by atoms with Gasteiger partial charge in [0, 0.05) is 29.1 Å². The van der Waals surface area contributed by atoms with Gasteiger partial charge in [0.05, 0.1) is 18.5 Å². The van der Waals surface area contributed by atoms with Gasteiger partial charge in [0.25, 0.3) is 0 Å². The number of H-pyrrole nitrogens is 1. The number of nitrogens with zero attached hydrogens (tertiary/aromatic N) is 3. The van der Waals surface area contributed by atoms with Gasteiger partial charge in [0.15, 0.2) is 0 Å². The molecule has 0 saturated heterocycles. The van der Waals surface area contributed by atoms with Gasteiger partial charge in [0.1, 0.15) is 16.8 Å². The van der Waals surface area contributed by atoms with Crippen LogP contribution in [0.4, 0.5) is 0 Å². The van der Waals surface area contributed by atoms with E-state index in [1.807, 2.05) is 42.5 Å². The van der Waals surface area contributed by atoms with Crippen molar-refractivity contribution in [2.75, 3.05) is 13.7 Å². The molecule has 2 aromatic heterocycles. The van der Waals surface area contributed by atoms with Gasteiger partial charge >= 0.3 is 154 Å². The number of aromatic nitrogens is 3. The summed E-state index contributed by atoms with van der Waals surface area (Å²) in [7, 11) is 1.68. The third-order valence-corrected chi connectivity index (χ3v) is 4.75. The summed E-state index contributed by atoms with van der Waals surface area (Å²) in [5.74, 6) is 0.843. The number of nitrogens with one attached hydrogen (secondary N) is 1. The molecule has 0 radical (unpaired) electrons. The molecule has 5 rings (SSSR count). The van der Waals surface area contributed by atoms with E-state index in [0.29, 0.717) is 0 Å². The fourth-order valence-electron chi connectivity index (χ4n) is 3.47. The van der Waals surface area contributed by atoms with Crippen LogP contribution in [0.5, 0.6) is 5.75 Å². The number of methoxy groups -OCH3 is 1. The molecule has 3 heterocycles. The van der Waals surface area contributed by atoms with Crippen molar-refractivity contribution in [1.29, 1.82) is 0 Å². The first-order valence-electron chi connectivity index (χ1n) is 9.17. The molecule has 142 valence electrons. The van der Waals surface area contributed by atoms with Gasteiger partial charge in [-0.25, -0.2) is 4.63 Å². The Morgan fingerprint density at radius 1 is 1.06 bits per heavy atom. The number of fused-ring (bicyclic) bond motifs is 4. The summed E-state index contributed by atoms with van der Waals surface area (Å²) in [4.78, 5) is 8.20. The van der Waals surface area contributed by atoms with E-state index in [1.165, 1.54) is 10.9 Å². The van der Waals surface area contributed by atoms with Crippen LogP contribution in [0.3, 0.4) is 0 Å². The van der Waals surface area contributed by atoms with Crippen LogP contribution in [-0.4, -0.2) is 34.7 Å². The number of hydrogen-bond acceptors (Lipinski definition) is 5. The third-order valence-electron chi connectivity index (χ3n) is 4.75. The molecular formula is C22H21K3N4O2+2. The van der Waals surface area contributed by atoms with E-state index < -0.39 is 0 Å². The summed E-state index contributed by atoms with van der Waals surface area (Å²) in [6.45, 7) is 5.78. The Kier molecular flexibility index (Phi) is 14.6. The second kappa shape index (κ2) is 14.8. The largest absolute Gasteiger partial charge is 1.00 e. The molecule has 31 heavy (non-hydrogen) atoms. The first-order valence-corrected chi connectivity index (χ1v) is 9.17. The molecule has 0 atom stereocenters. The molecular weight excluding hydrogens is 470 g/mol. The normalized spacial score (nSPS) is 12.0. The summed E-state index contributed by atoms with van der Waals surface area (Å²) >= 11 is 0. The van der Waals surface area contributed by atoms with Gasteiger partial charge in [-0.05, 0) is 46.6 Å². The zero-order chi connectivity index (χ0) is 19.5. The number of ether oxygens (including phenoxy) is 1. The predicted molar refractivity (Wildman–Crippen MR) is 112 cm³/mol. The Labute approximate surface area is 309 Å². The zero-order valence-electron chi connectivity index (χ0n) is 18.9. The molecule has 0 saturated carbocycles. The van der Waals surface area contributed by atoms with E-state index in [2.05, 4.69) is 28.3 Å². The van der Waals surface area contributed by atoms with E-state index >= 15 is 0 Å². The molecule has 0 amide bonds. The fourth-order valence-corrected chi connectivity index (χ4v) is 3.47. The van der Waals surface area contributed by atoms with E-state index in [-0.39, 0.29) is 154 Å². The van der Waals surface area contributed by atoms with Crippen LogP contribution in [-0.2, 0) is 6.42 Å². The number of aliphatic imine (C=N–C) groups is 1. The maximum Gasteiger partial charge on any atom is 1.00 e. The van der Waals surface area contributed by atoms with Crippen LogP contribution in [0.25, 0.3) is 28.0 Å². The molecule has 0 fully saturated rings. The Bertz CT molecular complexity index is 1200. The number of allylic oxidation sites excluding steroid dienone is 1. The van der Waals surface area contributed by atoms with Crippen LogP contribution in [0.1, 0.15) is 23.7 Å². The quantitative estimate of drug-likeness (QED) is 0.233. The van der Waals surface area contributed by atoms with Crippen LogP contribution < -0.4 is 159 Å². The molecule has 0 aliphatic carbocycles. The average Bonchev–Trinajstić information content (AvgIpc) is 3.38. The van der Waals surface area contributed by atoms with Gasteiger partial charge < -0.3 is 16.6 Å². The van der Waals surface area contributed by atoms with Crippen LogP contribution >= 0.6 is 0 Å². The summed E-state index contributed by atoms with van der Waals surface area (Å²) in [5, 5.41) is 9.09. The van der Waals surface area contributed by atoms with Crippen LogP contribution in [0.15, 0.2) is 52.1 Å². The zero-order valence-corrected chi connectivity index (χ0v) is 28.3. The SMILES string of the molecule is COc1ccc2c3c([nH]c2c1)C(/C=C/c1cccc2nonc12)=NCC3.[CH2-]C.[K+].[K+].[K+]. The Morgan fingerprint density at radius 3 is 2.65 bits per heavy atom. The molecule has 1 aliphatic rings. The Balaban J connectivity index is 0.000000935. The molecule has 0 bridgehead atoms. The monoisotopic (exact) mass is 490 g/mol. The van der Waals surface area contributed by atoms with Crippen molar-refractivity contribution < 1.29 is 164 Å². The summed E-state index contributed by atoms with van der Waals surface area (Å²) in [6.07, 6.45) is 4.96. The number of aromatic amines is 1. The standard InChI is InChI=1S/C20H16N4O2.C2H5.3K/c1-25-13-6-7-14-15-9-10-21-16(20(15)22-18(14)11-13)8-5-12-3-2-4-17-19(12)24-26-23-17;1-2;;;/h2-8,11,22H,9-10H2,1H3;1H2,2H3;;;/q;-1;3*+1/b8-5+;;;;. The van der Waals surface area contributed by atoms with Gasteiger partial charge in [0.2, 0.25) is 0 Å². The molecule has 1 N–H and O–H groups in total. The molecule has 6 nitrogen and oxygen atoms in total. The van der Waals surface area contributed by atoms with Crippen molar-refractivity contribution in [2.24, 2.45) is 4.99 Å². The number of rotatable bonds is 3. The number of hydrogen-bond donors (Lipinski definition) is 1. The maximum atomic E-state index is 5.33. The minimum absolute atomic E-state index is 0. The molecule has 0 spiro atoms. The second-order valence-electron chi connectivity index (χ2n) is 6.22. The number of benzene rings is 2. The van der Waals surface area contributed by atoms with E-state index in [4.69, 9.17) is 14.4 Å². The van der Waals surface area contributed by atoms with Crippen molar-refractivity contribution in [3.05, 3.63) is 66.2 Å². The molecule has 4 aromatic rings. The van der Waals surface area contributed by atoms with Gasteiger partial charge in [-0.2, -0.15) is 6.92 Å². The first-order chi connectivity index (χ1) is 13.8. The second-order valence-corrected chi connectivity index (χ2v) is 6.22. The smallest absolute Gasteiger partial charge is 0.497 e. The minimum Gasteiger partial charge on any atom is -0.497 e. The third kappa shape index (κ3) is 6.80. The van der Waals surface area contributed by atoms with Crippen LogP contribution in [0.2, 0.25) is 0 Å². The van der Waals surface area contributed by atoms with Gasteiger partial charge in [-0.3, -0.25) is 4.99 Å². The topological polar surface area (TPSA) is 76.3 Å². The fraction of sp³-hybridized carbons (Fsp3) is 0.182. The molecule has 9 heteroatoms. The minimum atomic E-state index is 0. The van der Waals surface area contributed by atoms with Crippen molar-refractivity contribution in [1.82, 2.24) is 15.3 Å². The molecule has 2 aromatic carbocycles. The summed E-state index contributed by atoms with van der Waals surface area (Å²) in [6, 6.07) is 11.9. The van der Waals surface area contributed by atoms with Crippen molar-refractivity contribution in [3.63, 3.8) is 0 Å². The molecule has 0 unspecified atom stereocenters. The molecule has 1 aliphatic heterocycles. The van der Waals surface area contributed by atoms with E-state index in [0.717, 1.165) is 52.2 Å². The average molecular weight is 491 g/mol. The van der Waals surface area contributed by atoms with E-state index in [9.17, 15) is 0 Å². The van der Waals surface area contributed by atoms with Crippen molar-refractivity contribution in [2.45, 2.75) is 13.3 Å². The van der Waals surface area contributed by atoms with E-state index in [1.54, 1.807) is 14.0 Å². The van der Waals surface area contributed by atoms with Crippen LogP contribution in [0, 0.1) is 6.92 Å². The van der Waals surface area contributed by atoms with Crippen molar-refractivity contribution in [3.8, 4) is 5.75 Å². The Morgan fingerprint density at radius 2 is 1.87 bits per heavy atom. The van der Waals surface area contributed by atoms with Gasteiger partial charge in [-0.15, -0.1) is 0 Å². The predicted octanol–water partition coefficient (Wildman–Crippen LogP) is -4.38. The first kappa shape index (κ1) is 30.5. The van der Waals surface area contributed by atoms with Gasteiger partial charge in [-0.1, -0.05) is 18.2 Å². The Hall–Kier alpha value is 1.50. The summed E-state index contributed by atoms with van der Waals surface area (Å²) < 4.78 is 10.2.